The zero-order chi connectivity index (χ0) is 21.6. The van der Waals surface area contributed by atoms with E-state index in [1.807, 2.05) is 37.3 Å². The number of methoxy groups -OCH3 is 1. The van der Waals surface area contributed by atoms with Crippen molar-refractivity contribution in [2.75, 3.05) is 7.11 Å². The number of esters is 1. The fourth-order valence-corrected chi connectivity index (χ4v) is 3.74. The highest BCUT2D eigenvalue weighted by molar-refractivity contribution is 7.87. The number of hydrogen-bond donors (Lipinski definition) is 0. The fourth-order valence-electron chi connectivity index (χ4n) is 2.79. The van der Waals surface area contributed by atoms with Gasteiger partial charge < -0.3 is 13.7 Å². The van der Waals surface area contributed by atoms with Gasteiger partial charge in [0.25, 0.3) is 0 Å². The van der Waals surface area contributed by atoms with Crippen LogP contribution in [-0.4, -0.2) is 21.5 Å². The molecular weight excluding hydrogens is 404 g/mol. The Morgan fingerprint density at radius 1 is 0.900 bits per heavy atom. The van der Waals surface area contributed by atoms with Gasteiger partial charge in [0.1, 0.15) is 10.6 Å². The van der Waals surface area contributed by atoms with E-state index < -0.39 is 22.2 Å². The van der Waals surface area contributed by atoms with Crippen LogP contribution in [0.4, 0.5) is 0 Å². The first-order valence-electron chi connectivity index (χ1n) is 9.24. The first-order valence-corrected chi connectivity index (χ1v) is 10.6. The molecule has 0 heterocycles. The van der Waals surface area contributed by atoms with Crippen molar-refractivity contribution in [3.05, 3.63) is 95.6 Å². The molecule has 0 amide bonds. The zero-order valence-corrected chi connectivity index (χ0v) is 17.5. The summed E-state index contributed by atoms with van der Waals surface area (Å²) in [7, 11) is -2.85. The van der Waals surface area contributed by atoms with Gasteiger partial charge in [-0.05, 0) is 30.7 Å². The monoisotopic (exact) mass is 426 g/mol. The lowest BCUT2D eigenvalue weighted by Crippen LogP contribution is -2.20. The Morgan fingerprint density at radius 2 is 1.53 bits per heavy atom. The highest BCUT2D eigenvalue weighted by Crippen LogP contribution is 2.31. The lowest BCUT2D eigenvalue weighted by atomic mass is 10.1. The molecule has 156 valence electrons. The Kier molecular flexibility index (Phi) is 6.87. The minimum absolute atomic E-state index is 0.00142. The Balaban J connectivity index is 1.90. The van der Waals surface area contributed by atoms with Gasteiger partial charge in [-0.3, -0.25) is 0 Å². The maximum atomic E-state index is 12.7. The van der Waals surface area contributed by atoms with Crippen molar-refractivity contribution in [2.24, 2.45) is 0 Å². The minimum Gasteiger partial charge on any atom is -0.467 e. The molecule has 0 spiro atoms. The summed E-state index contributed by atoms with van der Waals surface area (Å²) in [4.78, 5) is 12.4. The third kappa shape index (κ3) is 5.25. The Labute approximate surface area is 176 Å². The highest BCUT2D eigenvalue weighted by atomic mass is 32.2. The van der Waals surface area contributed by atoms with Crippen LogP contribution in [0.2, 0.25) is 0 Å². The molecule has 1 atom stereocenters. The molecule has 30 heavy (non-hydrogen) atoms. The lowest BCUT2D eigenvalue weighted by Gasteiger charge is -2.19. The molecule has 0 saturated heterocycles. The van der Waals surface area contributed by atoms with Crippen molar-refractivity contribution in [1.82, 2.24) is 0 Å². The first-order chi connectivity index (χ1) is 14.4. The fraction of sp³-hybridized carbons (Fsp3) is 0.174. The number of aryl methyl sites for hydroxylation is 1. The van der Waals surface area contributed by atoms with Crippen LogP contribution in [-0.2, 0) is 31.0 Å². The van der Waals surface area contributed by atoms with E-state index in [-0.39, 0.29) is 22.8 Å². The molecule has 0 aromatic heterocycles. The van der Waals surface area contributed by atoms with Gasteiger partial charge >= 0.3 is 16.1 Å². The minimum atomic E-state index is -4.09. The van der Waals surface area contributed by atoms with Crippen LogP contribution < -0.4 is 4.18 Å². The van der Waals surface area contributed by atoms with E-state index in [9.17, 15) is 13.2 Å². The van der Waals surface area contributed by atoms with Crippen LogP contribution in [0.25, 0.3) is 0 Å². The largest absolute Gasteiger partial charge is 0.467 e. The van der Waals surface area contributed by atoms with Gasteiger partial charge in [0.05, 0.1) is 13.7 Å². The van der Waals surface area contributed by atoms with Gasteiger partial charge in [0.15, 0.2) is 6.10 Å². The van der Waals surface area contributed by atoms with E-state index in [1.165, 1.54) is 25.3 Å². The molecule has 3 aromatic rings. The van der Waals surface area contributed by atoms with E-state index in [1.54, 1.807) is 30.3 Å². The predicted molar refractivity (Wildman–Crippen MR) is 111 cm³/mol. The Morgan fingerprint density at radius 3 is 2.20 bits per heavy atom. The average Bonchev–Trinajstić information content (AvgIpc) is 2.75. The number of benzene rings is 3. The number of carbonyl (C=O) groups excluding carboxylic acids is 1. The molecular formula is C23H22O6S. The number of para-hydroxylation sites is 1. The number of carbonyl (C=O) groups is 1. The van der Waals surface area contributed by atoms with Gasteiger partial charge in [-0.2, -0.15) is 8.42 Å². The second-order valence-electron chi connectivity index (χ2n) is 6.59. The molecule has 0 bridgehead atoms. The topological polar surface area (TPSA) is 78.9 Å². The third-order valence-corrected chi connectivity index (χ3v) is 5.63. The van der Waals surface area contributed by atoms with E-state index in [2.05, 4.69) is 0 Å². The zero-order valence-electron chi connectivity index (χ0n) is 16.6. The SMILES string of the molecule is COC(=O)C(OCc1ccccc1)c1ccccc1OS(=O)(=O)c1ccc(C)cc1. The summed E-state index contributed by atoms with van der Waals surface area (Å²) in [6.07, 6.45) is -1.15. The van der Waals surface area contributed by atoms with Crippen LogP contribution in [0.15, 0.2) is 83.8 Å². The van der Waals surface area contributed by atoms with Crippen molar-refractivity contribution in [3.63, 3.8) is 0 Å². The first kappa shape index (κ1) is 21.5. The summed E-state index contributed by atoms with van der Waals surface area (Å²) in [5.74, 6) is -0.656. The summed E-state index contributed by atoms with van der Waals surface area (Å²) in [6, 6.07) is 22.0. The van der Waals surface area contributed by atoms with Gasteiger partial charge in [-0.1, -0.05) is 66.2 Å². The second kappa shape index (κ2) is 9.56. The van der Waals surface area contributed by atoms with E-state index in [4.69, 9.17) is 13.7 Å². The molecule has 0 saturated carbocycles. The van der Waals surface area contributed by atoms with Crippen molar-refractivity contribution < 1.29 is 26.9 Å². The average molecular weight is 426 g/mol. The standard InChI is InChI=1S/C23H22O6S/c1-17-12-14-19(15-13-17)30(25,26)29-21-11-7-6-10-20(21)22(23(24)27-2)28-16-18-8-4-3-5-9-18/h3-15,22H,16H2,1-2H3. The van der Waals surface area contributed by atoms with Crippen LogP contribution in [0.5, 0.6) is 5.75 Å². The predicted octanol–water partition coefficient (Wildman–Crippen LogP) is 4.19. The van der Waals surface area contributed by atoms with Crippen molar-refractivity contribution in [3.8, 4) is 5.75 Å². The molecule has 0 N–H and O–H groups in total. The van der Waals surface area contributed by atoms with Gasteiger partial charge in [-0.15, -0.1) is 0 Å². The summed E-state index contributed by atoms with van der Waals surface area (Å²) >= 11 is 0. The van der Waals surface area contributed by atoms with Gasteiger partial charge in [-0.25, -0.2) is 4.79 Å². The van der Waals surface area contributed by atoms with Gasteiger partial charge in [0, 0.05) is 5.56 Å². The molecule has 6 nitrogen and oxygen atoms in total. The van der Waals surface area contributed by atoms with Crippen molar-refractivity contribution >= 4 is 16.1 Å². The smallest absolute Gasteiger partial charge is 0.339 e. The van der Waals surface area contributed by atoms with E-state index >= 15 is 0 Å². The maximum Gasteiger partial charge on any atom is 0.339 e. The molecule has 1 unspecified atom stereocenters. The molecule has 0 radical (unpaired) electrons. The number of ether oxygens (including phenoxy) is 2. The maximum absolute atomic E-state index is 12.7. The quantitative estimate of drug-likeness (QED) is 0.397. The van der Waals surface area contributed by atoms with Crippen LogP contribution >= 0.6 is 0 Å². The normalized spacial score (nSPS) is 12.2. The Hall–Kier alpha value is -3.16. The third-order valence-electron chi connectivity index (χ3n) is 4.39. The lowest BCUT2D eigenvalue weighted by molar-refractivity contribution is -0.155. The van der Waals surface area contributed by atoms with Crippen LogP contribution in [0.1, 0.15) is 22.8 Å². The molecule has 0 aliphatic carbocycles. The number of rotatable bonds is 8. The van der Waals surface area contributed by atoms with E-state index in [0.29, 0.717) is 0 Å². The van der Waals surface area contributed by atoms with Crippen LogP contribution in [0.3, 0.4) is 0 Å². The van der Waals surface area contributed by atoms with Gasteiger partial charge in [0.2, 0.25) is 0 Å². The number of hydrogen-bond acceptors (Lipinski definition) is 6. The molecule has 3 rings (SSSR count). The molecule has 0 aliphatic heterocycles. The van der Waals surface area contributed by atoms with E-state index in [0.717, 1.165) is 11.1 Å². The second-order valence-corrected chi connectivity index (χ2v) is 8.13. The highest BCUT2D eigenvalue weighted by Gasteiger charge is 2.28. The molecule has 0 fully saturated rings. The summed E-state index contributed by atoms with van der Waals surface area (Å²) < 4.78 is 41.5. The molecule has 3 aromatic carbocycles. The van der Waals surface area contributed by atoms with Crippen molar-refractivity contribution in [2.45, 2.75) is 24.5 Å². The Bertz CT molecular complexity index is 1090. The molecule has 0 aliphatic rings. The summed E-state index contributed by atoms with van der Waals surface area (Å²) in [5.41, 5.74) is 2.04. The summed E-state index contributed by atoms with van der Waals surface area (Å²) in [5, 5.41) is 0. The molecule has 7 heteroatoms. The van der Waals surface area contributed by atoms with Crippen LogP contribution in [0, 0.1) is 6.92 Å². The summed E-state index contributed by atoms with van der Waals surface area (Å²) in [6.45, 7) is 2.00. The van der Waals surface area contributed by atoms with Crippen molar-refractivity contribution in [1.29, 1.82) is 0 Å².